The second-order valence-corrected chi connectivity index (χ2v) is 7.03. The first-order chi connectivity index (χ1) is 14.0. The molecule has 0 atom stereocenters. The van der Waals surface area contributed by atoms with E-state index in [1.54, 1.807) is 7.11 Å². The van der Waals surface area contributed by atoms with Crippen molar-refractivity contribution in [3.63, 3.8) is 0 Å². The smallest absolute Gasteiger partial charge is 0.291 e. The van der Waals surface area contributed by atoms with Gasteiger partial charge >= 0.3 is 0 Å². The highest BCUT2D eigenvalue weighted by Gasteiger charge is 2.14. The number of rotatable bonds is 5. The van der Waals surface area contributed by atoms with Crippen LogP contribution in [-0.2, 0) is 17.9 Å². The van der Waals surface area contributed by atoms with Gasteiger partial charge in [-0.2, -0.15) is 5.10 Å². The average molecular weight is 390 g/mol. The van der Waals surface area contributed by atoms with Crippen LogP contribution >= 0.6 is 0 Å². The maximum absolute atomic E-state index is 12.9. The molecule has 0 unspecified atom stereocenters. The lowest BCUT2D eigenvalue weighted by molar-refractivity contribution is -0.122. The Labute approximate surface area is 167 Å². The van der Waals surface area contributed by atoms with Gasteiger partial charge in [0.1, 0.15) is 23.6 Å². The van der Waals surface area contributed by atoms with Crippen LogP contribution in [0.2, 0.25) is 0 Å². The number of aromatic nitrogens is 3. The monoisotopic (exact) mass is 390 g/mol. The number of benzene rings is 2. The van der Waals surface area contributed by atoms with E-state index in [0.717, 1.165) is 22.0 Å². The highest BCUT2D eigenvalue weighted by Crippen LogP contribution is 2.20. The van der Waals surface area contributed by atoms with E-state index in [1.165, 1.54) is 4.68 Å². The number of para-hydroxylation sites is 1. The number of ether oxygens (including phenoxy) is 1. The van der Waals surface area contributed by atoms with Crippen molar-refractivity contribution in [1.29, 1.82) is 0 Å². The molecular weight excluding hydrogens is 368 g/mol. The van der Waals surface area contributed by atoms with Crippen molar-refractivity contribution in [2.75, 3.05) is 7.11 Å². The second-order valence-electron chi connectivity index (χ2n) is 7.03. The van der Waals surface area contributed by atoms with Gasteiger partial charge in [-0.3, -0.25) is 14.0 Å². The molecule has 0 aliphatic carbocycles. The first-order valence-corrected chi connectivity index (χ1v) is 9.36. The Kier molecular flexibility index (Phi) is 4.80. The van der Waals surface area contributed by atoms with E-state index in [0.29, 0.717) is 23.6 Å². The number of hydrogen-bond acceptors (Lipinski definition) is 4. The number of carbonyl (C=O) groups is 1. The van der Waals surface area contributed by atoms with Gasteiger partial charge in [-0.05, 0) is 38.1 Å². The lowest BCUT2D eigenvalue weighted by Crippen LogP contribution is -2.34. The summed E-state index contributed by atoms with van der Waals surface area (Å²) in [7, 11) is 1.59. The van der Waals surface area contributed by atoms with Crippen LogP contribution in [0.25, 0.3) is 16.4 Å². The Hall–Kier alpha value is -3.61. The molecule has 0 fully saturated rings. The van der Waals surface area contributed by atoms with Gasteiger partial charge in [0, 0.05) is 17.5 Å². The summed E-state index contributed by atoms with van der Waals surface area (Å²) in [6.45, 7) is 4.01. The topological polar surface area (TPSA) is 77.6 Å². The molecule has 2 aromatic heterocycles. The van der Waals surface area contributed by atoms with Gasteiger partial charge in [0.25, 0.3) is 5.56 Å². The zero-order valence-electron chi connectivity index (χ0n) is 16.6. The minimum Gasteiger partial charge on any atom is -0.496 e. The predicted octanol–water partition coefficient (Wildman–Crippen LogP) is 2.59. The van der Waals surface area contributed by atoms with Gasteiger partial charge in [0.2, 0.25) is 5.91 Å². The minimum atomic E-state index is -0.295. The normalized spacial score (nSPS) is 11.1. The van der Waals surface area contributed by atoms with Crippen LogP contribution in [0.1, 0.15) is 17.0 Å². The SMILES string of the molecule is COc1ccccc1CNC(=O)Cn1nc(C)n2c(cc3cc(C)ccc32)c1=O. The first-order valence-electron chi connectivity index (χ1n) is 9.36. The summed E-state index contributed by atoms with van der Waals surface area (Å²) in [4.78, 5) is 25.4. The fourth-order valence-corrected chi connectivity index (χ4v) is 3.58. The van der Waals surface area contributed by atoms with Gasteiger partial charge in [0.05, 0.1) is 12.6 Å². The molecule has 0 saturated carbocycles. The Morgan fingerprint density at radius 1 is 1.10 bits per heavy atom. The quantitative estimate of drug-likeness (QED) is 0.568. The van der Waals surface area contributed by atoms with E-state index in [2.05, 4.69) is 10.4 Å². The molecule has 0 saturated heterocycles. The Balaban J connectivity index is 1.61. The molecule has 0 aliphatic rings. The van der Waals surface area contributed by atoms with E-state index in [-0.39, 0.29) is 18.0 Å². The van der Waals surface area contributed by atoms with Crippen molar-refractivity contribution >= 4 is 22.3 Å². The highest BCUT2D eigenvalue weighted by molar-refractivity contribution is 5.87. The van der Waals surface area contributed by atoms with Gasteiger partial charge in [0.15, 0.2) is 0 Å². The summed E-state index contributed by atoms with van der Waals surface area (Å²) in [6, 6.07) is 15.3. The molecule has 29 heavy (non-hydrogen) atoms. The Morgan fingerprint density at radius 3 is 2.69 bits per heavy atom. The summed E-state index contributed by atoms with van der Waals surface area (Å²) in [5, 5.41) is 8.16. The first kappa shape index (κ1) is 18.7. The molecule has 4 aromatic rings. The maximum atomic E-state index is 12.9. The third-order valence-corrected chi connectivity index (χ3v) is 4.96. The van der Waals surface area contributed by atoms with Crippen LogP contribution in [0.5, 0.6) is 5.75 Å². The van der Waals surface area contributed by atoms with E-state index in [1.807, 2.05) is 66.8 Å². The van der Waals surface area contributed by atoms with Crippen molar-refractivity contribution in [2.45, 2.75) is 26.9 Å². The number of hydrogen-bond donors (Lipinski definition) is 1. The van der Waals surface area contributed by atoms with Crippen molar-refractivity contribution in [3.8, 4) is 5.75 Å². The number of methoxy groups -OCH3 is 1. The predicted molar refractivity (Wildman–Crippen MR) is 111 cm³/mol. The summed E-state index contributed by atoms with van der Waals surface area (Å²) in [5.74, 6) is 1.06. The van der Waals surface area contributed by atoms with Gasteiger partial charge < -0.3 is 10.1 Å². The van der Waals surface area contributed by atoms with Crippen LogP contribution in [0.15, 0.2) is 53.3 Å². The van der Waals surface area contributed by atoms with Crippen LogP contribution in [0.4, 0.5) is 0 Å². The number of nitrogens with one attached hydrogen (secondary N) is 1. The standard InChI is InChI=1S/C22H22N4O3/c1-14-8-9-18-17(10-14)11-19-22(28)25(24-15(2)26(18)19)13-21(27)23-12-16-6-4-5-7-20(16)29-3/h4-11H,12-13H2,1-3H3,(H,23,27). The van der Waals surface area contributed by atoms with E-state index >= 15 is 0 Å². The van der Waals surface area contributed by atoms with Gasteiger partial charge in [-0.25, -0.2) is 4.68 Å². The third-order valence-electron chi connectivity index (χ3n) is 4.96. The molecule has 1 N–H and O–H groups in total. The van der Waals surface area contributed by atoms with Gasteiger partial charge in [-0.15, -0.1) is 0 Å². The molecule has 0 spiro atoms. The fraction of sp³-hybridized carbons (Fsp3) is 0.227. The van der Waals surface area contributed by atoms with E-state index in [9.17, 15) is 9.59 Å². The van der Waals surface area contributed by atoms with Crippen molar-refractivity contribution < 1.29 is 9.53 Å². The van der Waals surface area contributed by atoms with Gasteiger partial charge in [-0.1, -0.05) is 29.8 Å². The molecular formula is C22H22N4O3. The lowest BCUT2D eigenvalue weighted by atomic mass is 10.2. The lowest BCUT2D eigenvalue weighted by Gasteiger charge is -2.11. The molecule has 4 rings (SSSR count). The van der Waals surface area contributed by atoms with E-state index < -0.39 is 0 Å². The fourth-order valence-electron chi connectivity index (χ4n) is 3.58. The number of nitrogens with zero attached hydrogens (tertiary/aromatic N) is 3. The summed E-state index contributed by atoms with van der Waals surface area (Å²) >= 11 is 0. The molecule has 0 aliphatic heterocycles. The minimum absolute atomic E-state index is 0.147. The highest BCUT2D eigenvalue weighted by atomic mass is 16.5. The zero-order chi connectivity index (χ0) is 20.5. The summed E-state index contributed by atoms with van der Waals surface area (Å²) < 4.78 is 8.34. The Morgan fingerprint density at radius 2 is 1.90 bits per heavy atom. The molecule has 1 amide bonds. The number of fused-ring (bicyclic) bond motifs is 3. The summed E-state index contributed by atoms with van der Waals surface area (Å²) in [6.07, 6.45) is 0. The molecule has 2 aromatic carbocycles. The molecule has 7 nitrogen and oxygen atoms in total. The van der Waals surface area contributed by atoms with Crippen molar-refractivity contribution in [1.82, 2.24) is 19.5 Å². The molecule has 0 radical (unpaired) electrons. The van der Waals surface area contributed by atoms with E-state index in [4.69, 9.17) is 4.74 Å². The zero-order valence-corrected chi connectivity index (χ0v) is 16.6. The van der Waals surface area contributed by atoms with Crippen LogP contribution in [-0.4, -0.2) is 27.2 Å². The van der Waals surface area contributed by atoms with Crippen molar-refractivity contribution in [3.05, 3.63) is 75.8 Å². The van der Waals surface area contributed by atoms with Crippen LogP contribution in [0.3, 0.4) is 0 Å². The second kappa shape index (κ2) is 7.43. The van der Waals surface area contributed by atoms with Crippen LogP contribution in [0, 0.1) is 13.8 Å². The molecule has 2 heterocycles. The number of carbonyl (C=O) groups excluding carboxylic acids is 1. The molecule has 7 heteroatoms. The van der Waals surface area contributed by atoms with Crippen molar-refractivity contribution in [2.24, 2.45) is 0 Å². The van der Waals surface area contributed by atoms with Crippen LogP contribution < -0.4 is 15.6 Å². The molecule has 0 bridgehead atoms. The average Bonchev–Trinajstić information content (AvgIpc) is 3.09. The summed E-state index contributed by atoms with van der Waals surface area (Å²) in [5.41, 5.74) is 3.13. The Bertz CT molecular complexity index is 1290. The number of aryl methyl sites for hydroxylation is 2. The third kappa shape index (κ3) is 3.47. The maximum Gasteiger partial charge on any atom is 0.291 e. The largest absolute Gasteiger partial charge is 0.496 e. The molecule has 148 valence electrons. The number of amides is 1.